The molecule has 0 bridgehead atoms. The number of nitrogens with zero attached hydrogens (tertiary/aromatic N) is 4. The zero-order chi connectivity index (χ0) is 18.5. The molecule has 2 heterocycles. The second-order valence-electron chi connectivity index (χ2n) is 4.93. The lowest BCUT2D eigenvalue weighted by Crippen LogP contribution is -2.25. The molecule has 0 aliphatic rings. The third-order valence-electron chi connectivity index (χ3n) is 3.26. The molecule has 0 atom stereocenters. The van der Waals surface area contributed by atoms with E-state index in [0.29, 0.717) is 16.6 Å². The highest BCUT2D eigenvalue weighted by atomic mass is 32.2. The Morgan fingerprint density at radius 1 is 1.27 bits per heavy atom. The van der Waals surface area contributed by atoms with Gasteiger partial charge in [0.1, 0.15) is 5.75 Å². The van der Waals surface area contributed by atoms with Crippen molar-refractivity contribution in [2.24, 2.45) is 0 Å². The number of ether oxygens (including phenoxy) is 1. The molecule has 0 saturated heterocycles. The Bertz CT molecular complexity index is 969. The van der Waals surface area contributed by atoms with Gasteiger partial charge in [0.15, 0.2) is 10.0 Å². The fourth-order valence-electron chi connectivity index (χ4n) is 2.04. The van der Waals surface area contributed by atoms with Gasteiger partial charge in [-0.3, -0.25) is 14.9 Å². The van der Waals surface area contributed by atoms with Gasteiger partial charge in [-0.15, -0.1) is 10.2 Å². The van der Waals surface area contributed by atoms with E-state index in [0.717, 1.165) is 10.1 Å². The predicted octanol–water partition coefficient (Wildman–Crippen LogP) is 2.46. The van der Waals surface area contributed by atoms with Gasteiger partial charge >= 0.3 is 0 Å². The minimum atomic E-state index is -0.623. The van der Waals surface area contributed by atoms with Crippen molar-refractivity contribution < 1.29 is 9.53 Å². The van der Waals surface area contributed by atoms with Crippen molar-refractivity contribution in [2.75, 3.05) is 18.2 Å². The highest BCUT2D eigenvalue weighted by molar-refractivity contribution is 8.01. The van der Waals surface area contributed by atoms with Crippen LogP contribution in [0.25, 0.3) is 5.69 Å². The fourth-order valence-corrected chi connectivity index (χ4v) is 3.69. The summed E-state index contributed by atoms with van der Waals surface area (Å²) in [7, 11) is 1.58. The third kappa shape index (κ3) is 4.09. The third-order valence-corrected chi connectivity index (χ3v) is 5.11. The van der Waals surface area contributed by atoms with Crippen LogP contribution in [0, 0.1) is 0 Å². The van der Waals surface area contributed by atoms with E-state index in [1.54, 1.807) is 31.4 Å². The first-order valence-corrected chi connectivity index (χ1v) is 9.43. The summed E-state index contributed by atoms with van der Waals surface area (Å²) in [6, 6.07) is 8.38. The van der Waals surface area contributed by atoms with Gasteiger partial charge in [-0.25, -0.2) is 4.68 Å². The van der Waals surface area contributed by atoms with Crippen LogP contribution in [0.1, 0.15) is 17.4 Å². The van der Waals surface area contributed by atoms with Crippen LogP contribution in [0.15, 0.2) is 45.7 Å². The van der Waals surface area contributed by atoms with Gasteiger partial charge in [-0.1, -0.05) is 30.0 Å². The number of hydrogen-bond acceptors (Lipinski definition) is 8. The fraction of sp³-hybridized carbons (Fsp3) is 0.188. The van der Waals surface area contributed by atoms with Gasteiger partial charge in [-0.2, -0.15) is 5.10 Å². The molecule has 0 saturated carbocycles. The summed E-state index contributed by atoms with van der Waals surface area (Å²) in [5.41, 5.74) is 0.000503. The molecule has 0 radical (unpaired) electrons. The van der Waals surface area contributed by atoms with Crippen LogP contribution >= 0.6 is 23.1 Å². The number of amides is 1. The van der Waals surface area contributed by atoms with Crippen LogP contribution in [0.4, 0.5) is 5.13 Å². The van der Waals surface area contributed by atoms with Crippen LogP contribution in [-0.2, 0) is 0 Å². The van der Waals surface area contributed by atoms with Gasteiger partial charge in [0, 0.05) is 12.3 Å². The van der Waals surface area contributed by atoms with Crippen LogP contribution in [0.2, 0.25) is 0 Å². The maximum absolute atomic E-state index is 12.4. The Hall–Kier alpha value is -2.72. The highest BCUT2D eigenvalue weighted by Crippen LogP contribution is 2.25. The van der Waals surface area contributed by atoms with Gasteiger partial charge in [0.2, 0.25) is 10.6 Å². The Labute approximate surface area is 157 Å². The van der Waals surface area contributed by atoms with E-state index in [1.807, 2.05) is 6.92 Å². The molecule has 26 heavy (non-hydrogen) atoms. The molecule has 0 aliphatic heterocycles. The SMILES string of the molecule is CCSc1nnc(NC(=O)c2nn(-c3ccc(OC)cc3)ccc2=O)s1. The number of methoxy groups -OCH3 is 1. The molecule has 1 aromatic carbocycles. The number of nitrogens with one attached hydrogen (secondary N) is 1. The lowest BCUT2D eigenvalue weighted by atomic mass is 10.3. The Morgan fingerprint density at radius 2 is 2.04 bits per heavy atom. The first-order chi connectivity index (χ1) is 12.6. The van der Waals surface area contributed by atoms with E-state index >= 15 is 0 Å². The molecular formula is C16H15N5O3S2. The van der Waals surface area contributed by atoms with Crippen molar-refractivity contribution in [1.82, 2.24) is 20.0 Å². The maximum atomic E-state index is 12.4. The topological polar surface area (TPSA) is 99.0 Å². The predicted molar refractivity (Wildman–Crippen MR) is 101 cm³/mol. The standard InChI is InChI=1S/C16H15N5O3S2/c1-3-25-16-19-18-15(26-16)17-14(23)13-12(22)8-9-21(20-13)10-4-6-11(24-2)7-5-10/h4-9H,3H2,1-2H3,(H,17,18,23). The Balaban J connectivity index is 1.84. The van der Waals surface area contributed by atoms with Crippen LogP contribution in [0.3, 0.4) is 0 Å². The van der Waals surface area contributed by atoms with Gasteiger partial charge in [-0.05, 0) is 30.0 Å². The summed E-state index contributed by atoms with van der Waals surface area (Å²) in [5.74, 6) is 0.932. The molecule has 0 aliphatic carbocycles. The molecule has 0 fully saturated rings. The zero-order valence-electron chi connectivity index (χ0n) is 14.0. The van der Waals surface area contributed by atoms with Crippen molar-refractivity contribution in [3.63, 3.8) is 0 Å². The van der Waals surface area contributed by atoms with Crippen molar-refractivity contribution >= 4 is 34.1 Å². The second kappa shape index (κ2) is 8.11. The van der Waals surface area contributed by atoms with Gasteiger partial charge < -0.3 is 4.74 Å². The smallest absolute Gasteiger partial charge is 0.282 e. The normalized spacial score (nSPS) is 10.5. The summed E-state index contributed by atoms with van der Waals surface area (Å²) in [4.78, 5) is 24.5. The highest BCUT2D eigenvalue weighted by Gasteiger charge is 2.16. The number of carbonyl (C=O) groups excluding carboxylic acids is 1. The van der Waals surface area contributed by atoms with Crippen molar-refractivity contribution in [1.29, 1.82) is 0 Å². The van der Waals surface area contributed by atoms with E-state index in [4.69, 9.17) is 4.74 Å². The van der Waals surface area contributed by atoms with Crippen molar-refractivity contribution in [2.45, 2.75) is 11.3 Å². The minimum Gasteiger partial charge on any atom is -0.497 e. The van der Waals surface area contributed by atoms with E-state index < -0.39 is 11.3 Å². The number of hydrogen-bond donors (Lipinski definition) is 1. The first-order valence-electron chi connectivity index (χ1n) is 7.62. The number of rotatable bonds is 6. The Kier molecular flexibility index (Phi) is 5.64. The Morgan fingerprint density at radius 3 is 2.73 bits per heavy atom. The summed E-state index contributed by atoms with van der Waals surface area (Å²) in [6.07, 6.45) is 1.50. The molecular weight excluding hydrogens is 374 g/mol. The molecule has 3 rings (SSSR count). The molecule has 1 N–H and O–H groups in total. The van der Waals surface area contributed by atoms with Crippen molar-refractivity contribution in [3.05, 3.63) is 52.4 Å². The van der Waals surface area contributed by atoms with E-state index in [9.17, 15) is 9.59 Å². The van der Waals surface area contributed by atoms with Gasteiger partial charge in [0.25, 0.3) is 5.91 Å². The van der Waals surface area contributed by atoms with E-state index in [-0.39, 0.29) is 5.69 Å². The largest absolute Gasteiger partial charge is 0.497 e. The number of carbonyl (C=O) groups is 1. The molecule has 8 nitrogen and oxygen atoms in total. The summed E-state index contributed by atoms with van der Waals surface area (Å²) in [5, 5.41) is 14.9. The van der Waals surface area contributed by atoms with E-state index in [1.165, 1.54) is 40.0 Å². The molecule has 0 unspecified atom stereocenters. The molecule has 134 valence electrons. The first kappa shape index (κ1) is 18.1. The van der Waals surface area contributed by atoms with Crippen LogP contribution in [0.5, 0.6) is 5.75 Å². The van der Waals surface area contributed by atoms with Crippen LogP contribution < -0.4 is 15.5 Å². The molecule has 2 aromatic heterocycles. The molecule has 3 aromatic rings. The number of thioether (sulfide) groups is 1. The van der Waals surface area contributed by atoms with Crippen molar-refractivity contribution in [3.8, 4) is 11.4 Å². The maximum Gasteiger partial charge on any atom is 0.282 e. The molecule has 10 heteroatoms. The second-order valence-corrected chi connectivity index (χ2v) is 7.42. The zero-order valence-corrected chi connectivity index (χ0v) is 15.6. The minimum absolute atomic E-state index is 0.219. The average Bonchev–Trinajstić information content (AvgIpc) is 3.09. The number of anilines is 1. The number of benzene rings is 1. The molecule has 1 amide bonds. The molecule has 0 spiro atoms. The van der Waals surface area contributed by atoms with Crippen LogP contribution in [-0.4, -0.2) is 38.7 Å². The van der Waals surface area contributed by atoms with E-state index in [2.05, 4.69) is 20.6 Å². The number of aromatic nitrogens is 4. The van der Waals surface area contributed by atoms with Gasteiger partial charge in [0.05, 0.1) is 12.8 Å². The summed E-state index contributed by atoms with van der Waals surface area (Å²) in [6.45, 7) is 2.00. The monoisotopic (exact) mass is 389 g/mol. The summed E-state index contributed by atoms with van der Waals surface area (Å²) < 4.78 is 7.32. The lowest BCUT2D eigenvalue weighted by molar-refractivity contribution is 0.101. The lowest BCUT2D eigenvalue weighted by Gasteiger charge is -2.08. The summed E-state index contributed by atoms with van der Waals surface area (Å²) >= 11 is 2.78. The quantitative estimate of drug-likeness (QED) is 0.511. The average molecular weight is 389 g/mol.